The highest BCUT2D eigenvalue weighted by Crippen LogP contribution is 2.45. The van der Waals surface area contributed by atoms with Crippen molar-refractivity contribution >= 4 is 5.71 Å². The van der Waals surface area contributed by atoms with Crippen molar-refractivity contribution in [3.05, 3.63) is 0 Å². The lowest BCUT2D eigenvalue weighted by Gasteiger charge is -2.32. The molecule has 1 aliphatic carbocycles. The minimum absolute atomic E-state index is 0.410. The van der Waals surface area contributed by atoms with Crippen molar-refractivity contribution in [3.63, 3.8) is 0 Å². The van der Waals surface area contributed by atoms with Crippen LogP contribution in [0.5, 0.6) is 0 Å². The van der Waals surface area contributed by atoms with E-state index in [2.05, 4.69) is 27.7 Å². The number of hydrogen-bond acceptors (Lipinski definition) is 1. The van der Waals surface area contributed by atoms with E-state index in [1.54, 1.807) is 0 Å². The molecule has 0 aliphatic heterocycles. The van der Waals surface area contributed by atoms with Crippen molar-refractivity contribution in [2.75, 3.05) is 0 Å². The minimum atomic E-state index is 0.410. The predicted octanol–water partition coefficient (Wildman–Crippen LogP) is 4.27. The highest BCUT2D eigenvalue weighted by molar-refractivity contribution is 5.81. The summed E-state index contributed by atoms with van der Waals surface area (Å²) in [5, 5.41) is 7.79. The van der Waals surface area contributed by atoms with Crippen molar-refractivity contribution in [2.24, 2.45) is 16.7 Å². The quantitative estimate of drug-likeness (QED) is 0.477. The summed E-state index contributed by atoms with van der Waals surface area (Å²) in [4.78, 5) is 0. The molecule has 1 nitrogen and oxygen atoms in total. The van der Waals surface area contributed by atoms with Gasteiger partial charge in [-0.2, -0.15) is 0 Å². The zero-order valence-electron chi connectivity index (χ0n) is 10.4. The first-order valence-corrected chi connectivity index (χ1v) is 5.77. The Hall–Kier alpha value is -0.330. The fraction of sp³-hybridized carbons (Fsp3) is 0.923. The van der Waals surface area contributed by atoms with Gasteiger partial charge in [0.05, 0.1) is 0 Å². The Labute approximate surface area is 88.8 Å². The monoisotopic (exact) mass is 195 g/mol. The van der Waals surface area contributed by atoms with Gasteiger partial charge in [0.15, 0.2) is 0 Å². The Balaban J connectivity index is 2.79. The molecule has 0 aromatic heterocycles. The average Bonchev–Trinajstić information content (AvgIpc) is 2.04. The van der Waals surface area contributed by atoms with Crippen LogP contribution in [0.3, 0.4) is 0 Å². The Morgan fingerprint density at radius 1 is 1.14 bits per heavy atom. The van der Waals surface area contributed by atoms with E-state index < -0.39 is 0 Å². The summed E-state index contributed by atoms with van der Waals surface area (Å²) in [6, 6.07) is 0. The standard InChI is InChI=1S/C13H25N/c1-10(14)11-6-7-12(2,3)9-13(4,5)8-11/h11,14H,6-9H2,1-5H3. The summed E-state index contributed by atoms with van der Waals surface area (Å²) >= 11 is 0. The molecule has 1 N–H and O–H groups in total. The maximum Gasteiger partial charge on any atom is 0.00893 e. The highest BCUT2D eigenvalue weighted by Gasteiger charge is 2.35. The topological polar surface area (TPSA) is 23.9 Å². The lowest BCUT2D eigenvalue weighted by molar-refractivity contribution is 0.197. The third-order valence-electron chi connectivity index (χ3n) is 3.54. The van der Waals surface area contributed by atoms with E-state index in [0.29, 0.717) is 16.7 Å². The molecule has 1 unspecified atom stereocenters. The lowest BCUT2D eigenvalue weighted by atomic mass is 9.73. The molecule has 1 atom stereocenters. The van der Waals surface area contributed by atoms with Gasteiger partial charge < -0.3 is 5.41 Å². The van der Waals surface area contributed by atoms with Crippen molar-refractivity contribution in [1.82, 2.24) is 0 Å². The molecule has 0 heterocycles. The van der Waals surface area contributed by atoms with Gasteiger partial charge in [0.1, 0.15) is 0 Å². The van der Waals surface area contributed by atoms with Crippen LogP contribution in [-0.4, -0.2) is 5.71 Å². The molecule has 0 saturated heterocycles. The summed E-state index contributed by atoms with van der Waals surface area (Å²) in [6.45, 7) is 11.4. The van der Waals surface area contributed by atoms with Crippen LogP contribution in [0, 0.1) is 22.2 Å². The Morgan fingerprint density at radius 2 is 1.71 bits per heavy atom. The Bertz CT molecular complexity index is 225. The third-order valence-corrected chi connectivity index (χ3v) is 3.54. The second-order valence-electron chi connectivity index (χ2n) is 6.63. The molecule has 0 radical (unpaired) electrons. The van der Waals surface area contributed by atoms with Gasteiger partial charge in [-0.3, -0.25) is 0 Å². The van der Waals surface area contributed by atoms with Crippen LogP contribution in [0.1, 0.15) is 60.3 Å². The van der Waals surface area contributed by atoms with E-state index in [0.717, 1.165) is 5.71 Å². The molecule has 1 heteroatoms. The molecular weight excluding hydrogens is 170 g/mol. The molecule has 14 heavy (non-hydrogen) atoms. The van der Waals surface area contributed by atoms with Crippen molar-refractivity contribution in [1.29, 1.82) is 5.41 Å². The Kier molecular flexibility index (Phi) is 3.08. The lowest BCUT2D eigenvalue weighted by Crippen LogP contribution is -2.22. The molecule has 0 amide bonds. The van der Waals surface area contributed by atoms with Crippen LogP contribution >= 0.6 is 0 Å². The van der Waals surface area contributed by atoms with Gasteiger partial charge in [0, 0.05) is 5.71 Å². The van der Waals surface area contributed by atoms with Crippen LogP contribution in [0.15, 0.2) is 0 Å². The molecule has 82 valence electrons. The van der Waals surface area contributed by atoms with E-state index in [1.807, 2.05) is 6.92 Å². The zero-order chi connectivity index (χ0) is 11.0. The highest BCUT2D eigenvalue weighted by atomic mass is 14.5. The zero-order valence-corrected chi connectivity index (χ0v) is 10.4. The van der Waals surface area contributed by atoms with Gasteiger partial charge in [-0.25, -0.2) is 0 Å². The summed E-state index contributed by atoms with van der Waals surface area (Å²) in [6.07, 6.45) is 4.98. The van der Waals surface area contributed by atoms with Crippen LogP contribution in [0.2, 0.25) is 0 Å². The van der Waals surface area contributed by atoms with E-state index in [4.69, 9.17) is 5.41 Å². The van der Waals surface area contributed by atoms with Crippen molar-refractivity contribution in [2.45, 2.75) is 60.3 Å². The summed E-state index contributed by atoms with van der Waals surface area (Å²) < 4.78 is 0. The van der Waals surface area contributed by atoms with Crippen LogP contribution < -0.4 is 0 Å². The summed E-state index contributed by atoms with van der Waals surface area (Å²) in [7, 11) is 0. The smallest absolute Gasteiger partial charge is 0.00893 e. The van der Waals surface area contributed by atoms with Gasteiger partial charge in [0.25, 0.3) is 0 Å². The van der Waals surface area contributed by atoms with Gasteiger partial charge in [-0.05, 0) is 49.4 Å². The van der Waals surface area contributed by atoms with Gasteiger partial charge >= 0.3 is 0 Å². The molecule has 0 aromatic carbocycles. The fourth-order valence-electron chi connectivity index (χ4n) is 3.16. The largest absolute Gasteiger partial charge is 0.310 e. The molecule has 1 fully saturated rings. The summed E-state index contributed by atoms with van der Waals surface area (Å²) in [5.74, 6) is 0.534. The fourth-order valence-corrected chi connectivity index (χ4v) is 3.16. The Morgan fingerprint density at radius 3 is 2.21 bits per heavy atom. The maximum absolute atomic E-state index is 7.79. The average molecular weight is 195 g/mol. The maximum atomic E-state index is 7.79. The molecule has 0 bridgehead atoms. The van der Waals surface area contributed by atoms with E-state index in [1.165, 1.54) is 25.7 Å². The minimum Gasteiger partial charge on any atom is -0.310 e. The van der Waals surface area contributed by atoms with Gasteiger partial charge in [-0.15, -0.1) is 0 Å². The van der Waals surface area contributed by atoms with Crippen molar-refractivity contribution in [3.8, 4) is 0 Å². The normalized spacial score (nSPS) is 30.8. The van der Waals surface area contributed by atoms with Crippen LogP contribution in [-0.2, 0) is 0 Å². The predicted molar refractivity (Wildman–Crippen MR) is 62.9 cm³/mol. The van der Waals surface area contributed by atoms with Crippen molar-refractivity contribution < 1.29 is 0 Å². The third kappa shape index (κ3) is 3.11. The van der Waals surface area contributed by atoms with Gasteiger partial charge in [0.2, 0.25) is 0 Å². The second-order valence-corrected chi connectivity index (χ2v) is 6.63. The first-order chi connectivity index (χ1) is 6.22. The van der Waals surface area contributed by atoms with E-state index >= 15 is 0 Å². The molecule has 1 rings (SSSR count). The SMILES string of the molecule is CC(=N)C1CCC(C)(C)CC(C)(C)C1. The number of rotatable bonds is 1. The number of nitrogens with one attached hydrogen (secondary N) is 1. The summed E-state index contributed by atoms with van der Waals surface area (Å²) in [5.41, 5.74) is 1.76. The molecule has 0 spiro atoms. The van der Waals surface area contributed by atoms with Gasteiger partial charge in [-0.1, -0.05) is 27.7 Å². The van der Waals surface area contributed by atoms with Crippen LogP contribution in [0.25, 0.3) is 0 Å². The first-order valence-electron chi connectivity index (χ1n) is 5.77. The van der Waals surface area contributed by atoms with E-state index in [9.17, 15) is 0 Å². The molecule has 0 aromatic rings. The molecular formula is C13H25N. The first kappa shape index (κ1) is 11.7. The van der Waals surface area contributed by atoms with Crippen LogP contribution in [0.4, 0.5) is 0 Å². The second kappa shape index (κ2) is 3.67. The molecule has 1 aliphatic rings. The number of hydrogen-bond donors (Lipinski definition) is 1. The molecule has 1 saturated carbocycles. The van der Waals surface area contributed by atoms with E-state index in [-0.39, 0.29) is 0 Å².